The predicted octanol–water partition coefficient (Wildman–Crippen LogP) is 2.76. The lowest BCUT2D eigenvalue weighted by atomic mass is 9.86. The zero-order chi connectivity index (χ0) is 17.3. The van der Waals surface area contributed by atoms with Crippen LogP contribution in [0.1, 0.15) is 23.5 Å². The molecule has 0 radical (unpaired) electrons. The molecule has 1 aliphatic heterocycles. The first-order chi connectivity index (χ1) is 11.5. The lowest BCUT2D eigenvalue weighted by Gasteiger charge is -2.25. The molecule has 0 aliphatic carbocycles. The standard InChI is InChI=1S/C16H11ClFN3O2S/c1-2-6-24-16-20-14-13(15(23)21-16)8(7-11(22)19-14)12-9(17)4-3-5-10(12)18/h1,3-5,8H,6-7H2,(H2,19,20,21,22,23)/t8-/m1/s1. The van der Waals surface area contributed by atoms with Gasteiger partial charge in [-0.1, -0.05) is 35.3 Å². The summed E-state index contributed by atoms with van der Waals surface area (Å²) in [4.78, 5) is 31.3. The number of aromatic amines is 1. The van der Waals surface area contributed by atoms with Crippen molar-refractivity contribution in [2.75, 3.05) is 11.1 Å². The summed E-state index contributed by atoms with van der Waals surface area (Å²) in [5.41, 5.74) is -0.151. The Morgan fingerprint density at radius 2 is 2.21 bits per heavy atom. The predicted molar refractivity (Wildman–Crippen MR) is 90.9 cm³/mol. The van der Waals surface area contributed by atoms with Crippen LogP contribution in [0.4, 0.5) is 10.2 Å². The first-order valence-electron chi connectivity index (χ1n) is 6.95. The Bertz CT molecular complexity index is 902. The van der Waals surface area contributed by atoms with Crippen LogP contribution in [0.15, 0.2) is 28.2 Å². The van der Waals surface area contributed by atoms with E-state index >= 15 is 0 Å². The van der Waals surface area contributed by atoms with Crippen LogP contribution in [-0.4, -0.2) is 21.6 Å². The summed E-state index contributed by atoms with van der Waals surface area (Å²) in [6.45, 7) is 0. The van der Waals surface area contributed by atoms with Gasteiger partial charge in [0.15, 0.2) is 5.16 Å². The number of halogens is 2. The van der Waals surface area contributed by atoms with Gasteiger partial charge in [0.2, 0.25) is 5.91 Å². The summed E-state index contributed by atoms with van der Waals surface area (Å²) in [5.74, 6) is 1.11. The minimum absolute atomic E-state index is 0.0880. The van der Waals surface area contributed by atoms with Crippen molar-refractivity contribution in [1.82, 2.24) is 9.97 Å². The van der Waals surface area contributed by atoms with Gasteiger partial charge in [0.05, 0.1) is 11.3 Å². The van der Waals surface area contributed by atoms with Crippen LogP contribution in [0, 0.1) is 18.2 Å². The number of anilines is 1. The Balaban J connectivity index is 2.15. The number of nitrogens with zero attached hydrogens (tertiary/aromatic N) is 1. The van der Waals surface area contributed by atoms with E-state index in [0.717, 1.165) is 11.8 Å². The van der Waals surface area contributed by atoms with Crippen molar-refractivity contribution in [1.29, 1.82) is 0 Å². The molecule has 1 aliphatic rings. The van der Waals surface area contributed by atoms with E-state index in [4.69, 9.17) is 18.0 Å². The molecular weight excluding hydrogens is 353 g/mol. The summed E-state index contributed by atoms with van der Waals surface area (Å²) in [6.07, 6.45) is 5.10. The van der Waals surface area contributed by atoms with Gasteiger partial charge in [-0.15, -0.1) is 6.42 Å². The number of hydrogen-bond donors (Lipinski definition) is 2. The molecule has 0 fully saturated rings. The van der Waals surface area contributed by atoms with Crippen LogP contribution >= 0.6 is 23.4 Å². The van der Waals surface area contributed by atoms with E-state index in [1.807, 2.05) is 0 Å². The van der Waals surface area contributed by atoms with Gasteiger partial charge in [0, 0.05) is 22.9 Å². The number of terminal acetylenes is 1. The molecule has 0 unspecified atom stereocenters. The minimum Gasteiger partial charge on any atom is -0.310 e. The van der Waals surface area contributed by atoms with Crippen LogP contribution in [-0.2, 0) is 4.79 Å². The van der Waals surface area contributed by atoms with E-state index in [2.05, 4.69) is 21.2 Å². The number of carbonyl (C=O) groups excluding carboxylic acids is 1. The maximum Gasteiger partial charge on any atom is 0.257 e. The fourth-order valence-electron chi connectivity index (χ4n) is 2.62. The molecule has 2 N–H and O–H groups in total. The van der Waals surface area contributed by atoms with Crippen molar-refractivity contribution in [2.24, 2.45) is 0 Å². The number of fused-ring (bicyclic) bond motifs is 1. The molecule has 1 aromatic carbocycles. The van der Waals surface area contributed by atoms with Gasteiger partial charge in [0.25, 0.3) is 5.56 Å². The molecule has 8 heteroatoms. The Morgan fingerprint density at radius 3 is 2.92 bits per heavy atom. The van der Waals surface area contributed by atoms with Crippen LogP contribution < -0.4 is 10.9 Å². The minimum atomic E-state index is -0.801. The lowest BCUT2D eigenvalue weighted by molar-refractivity contribution is -0.116. The van der Waals surface area contributed by atoms with Crippen molar-refractivity contribution in [2.45, 2.75) is 17.5 Å². The molecule has 0 saturated heterocycles. The van der Waals surface area contributed by atoms with E-state index in [0.29, 0.717) is 5.75 Å². The number of rotatable bonds is 3. The number of H-pyrrole nitrogens is 1. The summed E-state index contributed by atoms with van der Waals surface area (Å²) >= 11 is 7.26. The van der Waals surface area contributed by atoms with E-state index < -0.39 is 17.3 Å². The molecule has 1 amide bonds. The number of carbonyl (C=O) groups is 1. The molecular formula is C16H11ClFN3O2S. The number of amides is 1. The zero-order valence-electron chi connectivity index (χ0n) is 12.2. The number of hydrogen-bond acceptors (Lipinski definition) is 4. The van der Waals surface area contributed by atoms with Gasteiger partial charge >= 0.3 is 0 Å². The van der Waals surface area contributed by atoms with Crippen molar-refractivity contribution in [3.8, 4) is 12.3 Å². The van der Waals surface area contributed by atoms with E-state index in [1.54, 1.807) is 0 Å². The zero-order valence-corrected chi connectivity index (χ0v) is 13.8. The van der Waals surface area contributed by atoms with Crippen LogP contribution in [0.3, 0.4) is 0 Å². The second kappa shape index (κ2) is 6.67. The van der Waals surface area contributed by atoms with Crippen LogP contribution in [0.2, 0.25) is 5.02 Å². The van der Waals surface area contributed by atoms with Crippen LogP contribution in [0.5, 0.6) is 0 Å². The smallest absolute Gasteiger partial charge is 0.257 e. The molecule has 3 rings (SSSR count). The van der Waals surface area contributed by atoms with Gasteiger partial charge in [-0.2, -0.15) is 0 Å². The fraction of sp³-hybridized carbons (Fsp3) is 0.188. The Labute approximate surface area is 146 Å². The summed E-state index contributed by atoms with van der Waals surface area (Å²) in [6, 6.07) is 4.23. The lowest BCUT2D eigenvalue weighted by Crippen LogP contribution is -2.31. The Morgan fingerprint density at radius 1 is 1.42 bits per heavy atom. The number of nitrogens with one attached hydrogen (secondary N) is 2. The molecule has 24 heavy (non-hydrogen) atoms. The van der Waals surface area contributed by atoms with E-state index in [-0.39, 0.29) is 39.5 Å². The van der Waals surface area contributed by atoms with E-state index in [9.17, 15) is 14.0 Å². The summed E-state index contributed by atoms with van der Waals surface area (Å²) < 4.78 is 14.3. The third-order valence-corrected chi connectivity index (χ3v) is 4.68. The van der Waals surface area contributed by atoms with Gasteiger partial charge in [0.1, 0.15) is 11.6 Å². The normalized spacial score (nSPS) is 16.2. The highest BCUT2D eigenvalue weighted by Crippen LogP contribution is 2.38. The van der Waals surface area contributed by atoms with Crippen molar-refractivity contribution in [3.63, 3.8) is 0 Å². The SMILES string of the molecule is C#CCSc1nc2c(c(=O)[nH]1)[C@@H](c1c(F)cccc1Cl)CC(=O)N2. The maximum atomic E-state index is 14.3. The molecule has 2 aromatic rings. The topological polar surface area (TPSA) is 74.8 Å². The second-order valence-corrected chi connectivity index (χ2v) is 6.44. The van der Waals surface area contributed by atoms with Gasteiger partial charge < -0.3 is 10.3 Å². The molecule has 2 heterocycles. The first-order valence-corrected chi connectivity index (χ1v) is 8.32. The fourth-order valence-corrected chi connectivity index (χ4v) is 3.45. The van der Waals surface area contributed by atoms with Crippen molar-refractivity contribution in [3.05, 3.63) is 50.5 Å². The molecule has 0 bridgehead atoms. The average Bonchev–Trinajstić information content (AvgIpc) is 2.52. The highest BCUT2D eigenvalue weighted by Gasteiger charge is 2.33. The number of aromatic nitrogens is 2. The number of thioether (sulfide) groups is 1. The summed E-state index contributed by atoms with van der Waals surface area (Å²) in [7, 11) is 0. The van der Waals surface area contributed by atoms with Crippen LogP contribution in [0.25, 0.3) is 0 Å². The first kappa shape index (κ1) is 16.6. The molecule has 122 valence electrons. The molecule has 0 spiro atoms. The monoisotopic (exact) mass is 363 g/mol. The molecule has 0 saturated carbocycles. The molecule has 1 aromatic heterocycles. The molecule has 5 nitrogen and oxygen atoms in total. The van der Waals surface area contributed by atoms with Gasteiger partial charge in [-0.3, -0.25) is 9.59 Å². The number of benzene rings is 1. The third-order valence-electron chi connectivity index (χ3n) is 3.57. The van der Waals surface area contributed by atoms with Crippen molar-refractivity contribution < 1.29 is 9.18 Å². The Hall–Kier alpha value is -2.30. The van der Waals surface area contributed by atoms with Gasteiger partial charge in [-0.25, -0.2) is 9.37 Å². The quantitative estimate of drug-likeness (QED) is 0.499. The third kappa shape index (κ3) is 3.03. The summed E-state index contributed by atoms with van der Waals surface area (Å²) in [5, 5.41) is 3.00. The highest BCUT2D eigenvalue weighted by atomic mass is 35.5. The Kier molecular flexibility index (Phi) is 4.60. The second-order valence-electron chi connectivity index (χ2n) is 5.07. The molecule has 1 atom stereocenters. The van der Waals surface area contributed by atoms with E-state index in [1.165, 1.54) is 18.2 Å². The largest absolute Gasteiger partial charge is 0.310 e. The average molecular weight is 364 g/mol. The highest BCUT2D eigenvalue weighted by molar-refractivity contribution is 7.99. The maximum absolute atomic E-state index is 14.3. The van der Waals surface area contributed by atoms with Gasteiger partial charge in [-0.05, 0) is 12.1 Å². The van der Waals surface area contributed by atoms with Crippen molar-refractivity contribution >= 4 is 35.1 Å².